The summed E-state index contributed by atoms with van der Waals surface area (Å²) < 4.78 is 5.42. The Kier molecular flexibility index (Phi) is 4.64. The van der Waals surface area contributed by atoms with Crippen molar-refractivity contribution in [1.82, 2.24) is 10.2 Å². The number of likely N-dealkylation sites (tertiary alicyclic amines) is 1. The van der Waals surface area contributed by atoms with Crippen LogP contribution in [0.4, 0.5) is 0 Å². The molecule has 1 saturated heterocycles. The van der Waals surface area contributed by atoms with E-state index in [1.165, 1.54) is 5.56 Å². The van der Waals surface area contributed by atoms with E-state index in [0.29, 0.717) is 6.04 Å². The summed E-state index contributed by atoms with van der Waals surface area (Å²) in [6, 6.07) is 2.47. The molecule has 1 aliphatic rings. The monoisotopic (exact) mass is 264 g/mol. The number of aryl methyl sites for hydroxylation is 1. The minimum absolute atomic E-state index is 0.107. The summed E-state index contributed by atoms with van der Waals surface area (Å²) in [5, 5.41) is 3.52. The molecule has 1 aromatic rings. The van der Waals surface area contributed by atoms with Crippen molar-refractivity contribution in [2.75, 3.05) is 13.1 Å². The first-order valence-electron chi connectivity index (χ1n) is 7.13. The van der Waals surface area contributed by atoms with Crippen molar-refractivity contribution in [1.29, 1.82) is 0 Å². The number of carbonyl (C=O) groups is 1. The second kappa shape index (κ2) is 6.24. The Balaban J connectivity index is 1.75. The van der Waals surface area contributed by atoms with Crippen molar-refractivity contribution < 1.29 is 9.21 Å². The number of carbonyl (C=O) groups excluding carboxylic acids is 1. The van der Waals surface area contributed by atoms with E-state index < -0.39 is 0 Å². The van der Waals surface area contributed by atoms with Gasteiger partial charge in [0.15, 0.2) is 0 Å². The fraction of sp³-hybridized carbons (Fsp3) is 0.667. The minimum atomic E-state index is 0.107. The van der Waals surface area contributed by atoms with E-state index in [1.807, 2.05) is 24.8 Å². The van der Waals surface area contributed by atoms with Gasteiger partial charge in [-0.2, -0.15) is 0 Å². The third-order valence-corrected chi connectivity index (χ3v) is 3.82. The molecule has 106 valence electrons. The Morgan fingerprint density at radius 1 is 1.47 bits per heavy atom. The first-order chi connectivity index (χ1) is 9.08. The Morgan fingerprint density at radius 2 is 2.16 bits per heavy atom. The lowest BCUT2D eigenvalue weighted by Gasteiger charge is -2.33. The summed E-state index contributed by atoms with van der Waals surface area (Å²) in [7, 11) is 0. The maximum Gasteiger partial charge on any atom is 0.225 e. The number of hydrogen-bond acceptors (Lipinski definition) is 3. The Bertz CT molecular complexity index is 418. The molecule has 0 atom stereocenters. The van der Waals surface area contributed by atoms with Gasteiger partial charge in [0.25, 0.3) is 0 Å². The zero-order valence-corrected chi connectivity index (χ0v) is 12.1. The molecule has 1 N–H and O–H groups in total. The molecule has 1 aromatic heterocycles. The van der Waals surface area contributed by atoms with Crippen LogP contribution in [-0.4, -0.2) is 29.9 Å². The average molecular weight is 264 g/mol. The van der Waals surface area contributed by atoms with Crippen LogP contribution in [0.3, 0.4) is 0 Å². The minimum Gasteiger partial charge on any atom is -0.468 e. The molecule has 4 nitrogen and oxygen atoms in total. The lowest BCUT2D eigenvalue weighted by atomic mass is 10.0. The van der Waals surface area contributed by atoms with Crippen LogP contribution in [0.5, 0.6) is 0 Å². The molecule has 0 saturated carbocycles. The predicted molar refractivity (Wildman–Crippen MR) is 74.7 cm³/mol. The van der Waals surface area contributed by atoms with Crippen LogP contribution >= 0.6 is 0 Å². The molecule has 0 bridgehead atoms. The molecule has 1 aliphatic heterocycles. The number of amides is 1. The van der Waals surface area contributed by atoms with Crippen molar-refractivity contribution in [3.8, 4) is 0 Å². The number of rotatable bonds is 4. The second-order valence-electron chi connectivity index (χ2n) is 5.66. The summed E-state index contributed by atoms with van der Waals surface area (Å²) in [5.74, 6) is 1.40. The Morgan fingerprint density at radius 3 is 2.68 bits per heavy atom. The third kappa shape index (κ3) is 3.60. The molecule has 0 radical (unpaired) electrons. The average Bonchev–Trinajstić information content (AvgIpc) is 2.81. The lowest BCUT2D eigenvalue weighted by molar-refractivity contribution is -0.135. The number of hydrogen-bond donors (Lipinski definition) is 1. The van der Waals surface area contributed by atoms with Crippen LogP contribution in [0.1, 0.15) is 38.0 Å². The van der Waals surface area contributed by atoms with Crippen LogP contribution in [0.15, 0.2) is 16.7 Å². The van der Waals surface area contributed by atoms with Gasteiger partial charge >= 0.3 is 0 Å². The van der Waals surface area contributed by atoms with E-state index in [1.54, 1.807) is 6.26 Å². The molecule has 0 aromatic carbocycles. The summed E-state index contributed by atoms with van der Waals surface area (Å²) in [6.07, 6.45) is 3.78. The molecular formula is C15H24N2O2. The summed E-state index contributed by atoms with van der Waals surface area (Å²) in [5.41, 5.74) is 1.19. The van der Waals surface area contributed by atoms with Crippen LogP contribution in [0.25, 0.3) is 0 Å². The number of furan rings is 1. The highest BCUT2D eigenvalue weighted by molar-refractivity contribution is 5.78. The Hall–Kier alpha value is -1.29. The van der Waals surface area contributed by atoms with Gasteiger partial charge in [0.2, 0.25) is 5.91 Å². The van der Waals surface area contributed by atoms with E-state index in [9.17, 15) is 4.79 Å². The molecule has 0 aliphatic carbocycles. The third-order valence-electron chi connectivity index (χ3n) is 3.82. The molecular weight excluding hydrogens is 240 g/mol. The standard InChI is InChI=1S/C15H24N2O2/c1-11(2)15(18)17-7-4-13(5-8-17)16-10-14-12(3)6-9-19-14/h6,9,11,13,16H,4-5,7-8,10H2,1-3H3. The van der Waals surface area contributed by atoms with Crippen molar-refractivity contribution >= 4 is 5.91 Å². The largest absolute Gasteiger partial charge is 0.468 e. The van der Waals surface area contributed by atoms with E-state index in [0.717, 1.165) is 38.2 Å². The normalized spacial score (nSPS) is 17.2. The van der Waals surface area contributed by atoms with Crippen LogP contribution in [0, 0.1) is 12.8 Å². The van der Waals surface area contributed by atoms with Gasteiger partial charge in [-0.3, -0.25) is 4.79 Å². The maximum absolute atomic E-state index is 11.9. The van der Waals surface area contributed by atoms with Gasteiger partial charge in [-0.15, -0.1) is 0 Å². The fourth-order valence-electron chi connectivity index (χ4n) is 2.49. The second-order valence-corrected chi connectivity index (χ2v) is 5.66. The smallest absolute Gasteiger partial charge is 0.225 e. The van der Waals surface area contributed by atoms with E-state index in [2.05, 4.69) is 12.2 Å². The van der Waals surface area contributed by atoms with Gasteiger partial charge in [-0.05, 0) is 31.4 Å². The predicted octanol–water partition coefficient (Wildman–Crippen LogP) is 2.32. The summed E-state index contributed by atoms with van der Waals surface area (Å²) in [6.45, 7) is 8.50. The van der Waals surface area contributed by atoms with Crippen molar-refractivity contribution in [2.24, 2.45) is 5.92 Å². The quantitative estimate of drug-likeness (QED) is 0.907. The molecule has 1 amide bonds. The van der Waals surface area contributed by atoms with Crippen LogP contribution in [0.2, 0.25) is 0 Å². The molecule has 0 unspecified atom stereocenters. The van der Waals surface area contributed by atoms with Crippen LogP contribution in [-0.2, 0) is 11.3 Å². The number of nitrogens with zero attached hydrogens (tertiary/aromatic N) is 1. The molecule has 2 heterocycles. The van der Waals surface area contributed by atoms with Crippen molar-refractivity contribution in [3.63, 3.8) is 0 Å². The van der Waals surface area contributed by atoms with Crippen LogP contribution < -0.4 is 5.32 Å². The van der Waals surface area contributed by atoms with Gasteiger partial charge in [-0.25, -0.2) is 0 Å². The first-order valence-corrected chi connectivity index (χ1v) is 7.13. The molecule has 19 heavy (non-hydrogen) atoms. The van der Waals surface area contributed by atoms with E-state index in [4.69, 9.17) is 4.42 Å². The van der Waals surface area contributed by atoms with Gasteiger partial charge in [0.1, 0.15) is 5.76 Å². The lowest BCUT2D eigenvalue weighted by Crippen LogP contribution is -2.45. The van der Waals surface area contributed by atoms with Crippen molar-refractivity contribution in [3.05, 3.63) is 23.7 Å². The van der Waals surface area contributed by atoms with E-state index in [-0.39, 0.29) is 11.8 Å². The molecule has 0 spiro atoms. The van der Waals surface area contributed by atoms with E-state index >= 15 is 0 Å². The number of piperidine rings is 1. The summed E-state index contributed by atoms with van der Waals surface area (Å²) >= 11 is 0. The van der Waals surface area contributed by atoms with Crippen molar-refractivity contribution in [2.45, 2.75) is 46.2 Å². The Labute approximate surface area is 115 Å². The topological polar surface area (TPSA) is 45.5 Å². The maximum atomic E-state index is 11.9. The fourth-order valence-corrected chi connectivity index (χ4v) is 2.49. The zero-order valence-electron chi connectivity index (χ0n) is 12.1. The molecule has 1 fully saturated rings. The first kappa shape index (κ1) is 14.1. The molecule has 2 rings (SSSR count). The van der Waals surface area contributed by atoms with Gasteiger partial charge in [-0.1, -0.05) is 13.8 Å². The van der Waals surface area contributed by atoms with Gasteiger partial charge < -0.3 is 14.6 Å². The van der Waals surface area contributed by atoms with Gasteiger partial charge in [0.05, 0.1) is 12.8 Å². The highest BCUT2D eigenvalue weighted by Crippen LogP contribution is 2.15. The zero-order chi connectivity index (χ0) is 13.8. The SMILES string of the molecule is Cc1ccoc1CNC1CCN(C(=O)C(C)C)CC1. The number of nitrogens with one attached hydrogen (secondary N) is 1. The molecule has 4 heteroatoms. The summed E-state index contributed by atoms with van der Waals surface area (Å²) in [4.78, 5) is 13.9. The van der Waals surface area contributed by atoms with Gasteiger partial charge in [0, 0.05) is 25.0 Å². The highest BCUT2D eigenvalue weighted by Gasteiger charge is 2.24. The highest BCUT2D eigenvalue weighted by atomic mass is 16.3.